The second-order valence-corrected chi connectivity index (χ2v) is 14.0. The maximum Gasteiger partial charge on any atom is 0.0928 e. The van der Waals surface area contributed by atoms with E-state index in [9.17, 15) is 0 Å². The number of nitrogens with zero attached hydrogens (tertiary/aromatic N) is 6. The minimum Gasteiger partial charge on any atom is -0.373 e. The molecule has 2 aliphatic heterocycles. The van der Waals surface area contributed by atoms with E-state index in [1.807, 2.05) is 6.20 Å². The first kappa shape index (κ1) is 32.6. The van der Waals surface area contributed by atoms with Gasteiger partial charge >= 0.3 is 0 Å². The number of likely N-dealkylation sites (N-methyl/N-ethyl adjacent to an activating group) is 2. The molecule has 0 radical (unpaired) electrons. The summed E-state index contributed by atoms with van der Waals surface area (Å²) in [6.07, 6.45) is 5.39. The Morgan fingerprint density at radius 1 is 0.786 bits per heavy atom. The number of pyridine rings is 2. The third kappa shape index (κ3) is 7.44. The highest BCUT2D eigenvalue weighted by Crippen LogP contribution is 2.30. The number of ether oxygens (including phenoxy) is 2. The van der Waals surface area contributed by atoms with Crippen LogP contribution < -0.4 is 9.80 Å². The summed E-state index contributed by atoms with van der Waals surface area (Å²) in [5.74, 6) is 0.814. The van der Waals surface area contributed by atoms with Crippen molar-refractivity contribution in [3.8, 4) is 0 Å². The van der Waals surface area contributed by atoms with Crippen molar-refractivity contribution in [2.75, 3.05) is 76.9 Å². The molecule has 2 saturated heterocycles. The minimum absolute atomic E-state index is 0.0302. The monoisotopic (exact) mass is 580 g/mol. The molecule has 42 heavy (non-hydrogen) atoms. The predicted octanol–water partition coefficient (Wildman–Crippen LogP) is 5.25. The summed E-state index contributed by atoms with van der Waals surface area (Å²) in [6, 6.07) is 8.83. The molecule has 2 aromatic heterocycles. The van der Waals surface area contributed by atoms with Crippen molar-refractivity contribution in [2.45, 2.75) is 90.0 Å². The van der Waals surface area contributed by atoms with Gasteiger partial charge < -0.3 is 24.2 Å². The zero-order valence-electron chi connectivity index (χ0n) is 27.9. The van der Waals surface area contributed by atoms with E-state index < -0.39 is 0 Å². The van der Waals surface area contributed by atoms with Crippen molar-refractivity contribution >= 4 is 11.4 Å². The van der Waals surface area contributed by atoms with Crippen molar-refractivity contribution in [3.05, 3.63) is 48.0 Å². The van der Waals surface area contributed by atoms with Crippen LogP contribution in [0.3, 0.4) is 0 Å². The van der Waals surface area contributed by atoms with Gasteiger partial charge in [0.2, 0.25) is 0 Å². The molecule has 2 aromatic rings. The number of hydrogen-bond donors (Lipinski definition) is 0. The quantitative estimate of drug-likeness (QED) is 0.357. The van der Waals surface area contributed by atoms with E-state index in [2.05, 4.69) is 120 Å². The molecule has 0 aromatic carbocycles. The van der Waals surface area contributed by atoms with Gasteiger partial charge in [-0.15, -0.1) is 0 Å². The molecule has 2 unspecified atom stereocenters. The molecule has 0 spiro atoms. The topological polar surface area (TPSA) is 57.2 Å². The van der Waals surface area contributed by atoms with E-state index in [1.54, 1.807) is 0 Å². The Hall–Kier alpha value is -2.26. The van der Waals surface area contributed by atoms with Crippen LogP contribution in [0.1, 0.15) is 78.1 Å². The number of hydrogen-bond acceptors (Lipinski definition) is 8. The molecule has 8 heteroatoms. The van der Waals surface area contributed by atoms with E-state index in [4.69, 9.17) is 19.4 Å². The average molecular weight is 581 g/mol. The van der Waals surface area contributed by atoms with Crippen LogP contribution in [0.15, 0.2) is 36.7 Å². The van der Waals surface area contributed by atoms with Crippen LogP contribution in [0, 0.1) is 0 Å². The molecule has 2 fully saturated rings. The summed E-state index contributed by atoms with van der Waals surface area (Å²) in [5, 5.41) is 0. The fraction of sp³-hybridized carbons (Fsp3) is 0.706. The van der Waals surface area contributed by atoms with Gasteiger partial charge in [-0.2, -0.15) is 0 Å². The summed E-state index contributed by atoms with van der Waals surface area (Å²) < 4.78 is 12.5. The first-order valence-corrected chi connectivity index (χ1v) is 15.8. The Morgan fingerprint density at radius 2 is 1.29 bits per heavy atom. The predicted molar refractivity (Wildman–Crippen MR) is 174 cm³/mol. The van der Waals surface area contributed by atoms with Gasteiger partial charge in [-0.05, 0) is 97.9 Å². The second-order valence-electron chi connectivity index (χ2n) is 14.0. The van der Waals surface area contributed by atoms with Gasteiger partial charge in [-0.25, -0.2) is 0 Å². The summed E-state index contributed by atoms with van der Waals surface area (Å²) in [6.45, 7) is 21.8. The smallest absolute Gasteiger partial charge is 0.0928 e. The highest BCUT2D eigenvalue weighted by molar-refractivity contribution is 5.46. The lowest BCUT2D eigenvalue weighted by molar-refractivity contribution is -0.0564. The Labute approximate surface area is 255 Å². The molecule has 4 heterocycles. The maximum absolute atomic E-state index is 6.35. The van der Waals surface area contributed by atoms with Crippen molar-refractivity contribution in [2.24, 2.45) is 0 Å². The molecule has 2 aliphatic rings. The average Bonchev–Trinajstić information content (AvgIpc) is 2.99. The van der Waals surface area contributed by atoms with E-state index in [-0.39, 0.29) is 23.3 Å². The fourth-order valence-electron chi connectivity index (χ4n) is 5.78. The normalized spacial score (nSPS) is 21.5. The van der Waals surface area contributed by atoms with Gasteiger partial charge in [0.05, 0.1) is 49.2 Å². The summed E-state index contributed by atoms with van der Waals surface area (Å²) in [5.41, 5.74) is 4.52. The minimum atomic E-state index is -0.103. The van der Waals surface area contributed by atoms with Crippen molar-refractivity contribution in [1.29, 1.82) is 0 Å². The lowest BCUT2D eigenvalue weighted by atomic mass is 9.92. The van der Waals surface area contributed by atoms with Gasteiger partial charge in [0.15, 0.2) is 0 Å². The van der Waals surface area contributed by atoms with E-state index in [1.165, 1.54) is 11.4 Å². The zero-order valence-corrected chi connectivity index (χ0v) is 27.9. The molecular formula is C34H56N6O2. The van der Waals surface area contributed by atoms with Crippen molar-refractivity contribution in [1.82, 2.24) is 19.8 Å². The Balaban J connectivity index is 1.31. The van der Waals surface area contributed by atoms with E-state index in [0.29, 0.717) is 11.8 Å². The molecule has 8 nitrogen and oxygen atoms in total. The third-order valence-corrected chi connectivity index (χ3v) is 10.1. The van der Waals surface area contributed by atoms with Crippen LogP contribution >= 0.6 is 0 Å². The van der Waals surface area contributed by atoms with Crippen LogP contribution in [0.4, 0.5) is 11.4 Å². The van der Waals surface area contributed by atoms with Gasteiger partial charge in [-0.1, -0.05) is 20.8 Å². The lowest BCUT2D eigenvalue weighted by Crippen LogP contribution is -2.59. The Morgan fingerprint density at radius 3 is 1.74 bits per heavy atom. The third-order valence-electron chi connectivity index (χ3n) is 10.1. The number of aromatic nitrogens is 2. The molecule has 0 aliphatic carbocycles. The zero-order chi connectivity index (χ0) is 30.7. The standard InChI is InChI=1S/C34H56N6O2/c1-25(2)29-13-11-27(21-35-29)40-18-20-42-32(24-40)34(6,7)38(10)16-15-26(3)30-14-12-28(22-36-30)39-17-19-41-31(23-39)33(4,5)37(8)9/h11-14,21-22,25-26,31-32H,15-20,23-24H2,1-10H3/t26?,31-,32?/m1/s1. The SMILES string of the molecule is CC(C)c1ccc(N2CCOC(C(C)(C)N(C)CCC(C)c3ccc(N4CCO[C@@H](C(C)(C)N(C)C)C4)cn3)C2)cn1. The van der Waals surface area contributed by atoms with Crippen LogP contribution in [-0.4, -0.2) is 110 Å². The van der Waals surface area contributed by atoms with Crippen LogP contribution in [0.25, 0.3) is 0 Å². The van der Waals surface area contributed by atoms with Crippen LogP contribution in [-0.2, 0) is 9.47 Å². The van der Waals surface area contributed by atoms with Crippen molar-refractivity contribution < 1.29 is 9.47 Å². The van der Waals surface area contributed by atoms with Gasteiger partial charge in [0, 0.05) is 48.6 Å². The highest BCUT2D eigenvalue weighted by Gasteiger charge is 2.38. The molecule has 0 N–H and O–H groups in total. The molecule has 3 atom stereocenters. The Kier molecular flexibility index (Phi) is 10.6. The molecular weight excluding hydrogens is 524 g/mol. The van der Waals surface area contributed by atoms with E-state index >= 15 is 0 Å². The summed E-state index contributed by atoms with van der Waals surface area (Å²) >= 11 is 0. The largest absolute Gasteiger partial charge is 0.373 e. The van der Waals surface area contributed by atoms with Crippen molar-refractivity contribution in [3.63, 3.8) is 0 Å². The van der Waals surface area contributed by atoms with Crippen LogP contribution in [0.2, 0.25) is 0 Å². The molecule has 0 amide bonds. The number of morpholine rings is 2. The summed E-state index contributed by atoms with van der Waals surface area (Å²) in [7, 11) is 6.48. The summed E-state index contributed by atoms with van der Waals surface area (Å²) in [4.78, 5) is 19.2. The fourth-order valence-corrected chi connectivity index (χ4v) is 5.78. The van der Waals surface area contributed by atoms with E-state index in [0.717, 1.165) is 63.7 Å². The van der Waals surface area contributed by atoms with Crippen LogP contribution in [0.5, 0.6) is 0 Å². The Bertz CT molecular complexity index is 1120. The molecule has 234 valence electrons. The van der Waals surface area contributed by atoms with Gasteiger partial charge in [0.25, 0.3) is 0 Å². The second kappa shape index (κ2) is 13.6. The molecule has 4 rings (SSSR count). The maximum atomic E-state index is 6.35. The first-order valence-electron chi connectivity index (χ1n) is 15.8. The van der Waals surface area contributed by atoms with Gasteiger partial charge in [-0.3, -0.25) is 14.9 Å². The first-order chi connectivity index (χ1) is 19.8. The number of rotatable bonds is 11. The molecule has 0 saturated carbocycles. The van der Waals surface area contributed by atoms with Gasteiger partial charge in [0.1, 0.15) is 0 Å². The molecule has 0 bridgehead atoms. The highest BCUT2D eigenvalue weighted by atomic mass is 16.5. The lowest BCUT2D eigenvalue weighted by Gasteiger charge is -2.46. The number of anilines is 2.